The smallest absolute Gasteiger partial charge is 0.258 e. The van der Waals surface area contributed by atoms with E-state index in [4.69, 9.17) is 0 Å². The van der Waals surface area contributed by atoms with Crippen molar-refractivity contribution in [1.82, 2.24) is 9.97 Å². The van der Waals surface area contributed by atoms with Crippen LogP contribution in [-0.4, -0.2) is 35.5 Å². The SMILES string of the molecule is Cc1ccc2c(c1)N1CCCC(CCCCNc3nc(C)cc(n3)NC2=O)C1. The third-order valence-electron chi connectivity index (χ3n) is 5.68. The van der Waals surface area contributed by atoms with Gasteiger partial charge in [0.25, 0.3) is 5.91 Å². The molecule has 1 aromatic heterocycles. The van der Waals surface area contributed by atoms with E-state index in [1.165, 1.54) is 31.2 Å². The van der Waals surface area contributed by atoms with Gasteiger partial charge in [0.15, 0.2) is 0 Å². The molecule has 2 aromatic rings. The van der Waals surface area contributed by atoms with Gasteiger partial charge in [-0.25, -0.2) is 4.98 Å². The zero-order chi connectivity index (χ0) is 19.5. The van der Waals surface area contributed by atoms with Crippen molar-refractivity contribution in [3.8, 4) is 0 Å². The van der Waals surface area contributed by atoms with E-state index in [2.05, 4.69) is 38.5 Å². The molecule has 2 aliphatic rings. The van der Waals surface area contributed by atoms with E-state index in [1.807, 2.05) is 25.1 Å². The van der Waals surface area contributed by atoms with Crippen molar-refractivity contribution in [2.45, 2.75) is 46.0 Å². The van der Waals surface area contributed by atoms with Crippen LogP contribution in [0.15, 0.2) is 24.3 Å². The molecule has 28 heavy (non-hydrogen) atoms. The highest BCUT2D eigenvalue weighted by molar-refractivity contribution is 6.08. The van der Waals surface area contributed by atoms with Gasteiger partial charge in [-0.1, -0.05) is 12.5 Å². The summed E-state index contributed by atoms with van der Waals surface area (Å²) in [6.07, 6.45) is 5.99. The van der Waals surface area contributed by atoms with Crippen LogP contribution in [-0.2, 0) is 0 Å². The van der Waals surface area contributed by atoms with E-state index < -0.39 is 0 Å². The summed E-state index contributed by atoms with van der Waals surface area (Å²) in [5.74, 6) is 1.70. The number of nitrogens with one attached hydrogen (secondary N) is 2. The maximum absolute atomic E-state index is 13.1. The van der Waals surface area contributed by atoms with Crippen LogP contribution in [0.25, 0.3) is 0 Å². The number of carbonyl (C=O) groups is 1. The predicted molar refractivity (Wildman–Crippen MR) is 113 cm³/mol. The minimum atomic E-state index is -0.115. The van der Waals surface area contributed by atoms with Gasteiger partial charge in [-0.3, -0.25) is 4.79 Å². The minimum absolute atomic E-state index is 0.115. The molecule has 3 heterocycles. The van der Waals surface area contributed by atoms with Crippen LogP contribution in [0, 0.1) is 19.8 Å². The summed E-state index contributed by atoms with van der Waals surface area (Å²) in [5.41, 5.74) is 3.77. The lowest BCUT2D eigenvalue weighted by atomic mass is 9.91. The number of aryl methyl sites for hydroxylation is 2. The largest absolute Gasteiger partial charge is 0.371 e. The molecular weight excluding hydrogens is 350 g/mol. The summed E-state index contributed by atoms with van der Waals surface area (Å²) in [6, 6.07) is 7.90. The van der Waals surface area contributed by atoms with Crippen molar-refractivity contribution in [1.29, 1.82) is 0 Å². The van der Waals surface area contributed by atoms with E-state index >= 15 is 0 Å². The van der Waals surface area contributed by atoms with E-state index in [0.717, 1.165) is 37.4 Å². The average Bonchev–Trinajstić information content (AvgIpc) is 2.67. The molecule has 1 unspecified atom stereocenters. The molecule has 1 aromatic carbocycles. The van der Waals surface area contributed by atoms with Crippen molar-refractivity contribution in [2.75, 3.05) is 35.2 Å². The molecule has 0 radical (unpaired) electrons. The van der Waals surface area contributed by atoms with Crippen molar-refractivity contribution < 1.29 is 4.79 Å². The van der Waals surface area contributed by atoms with Crippen LogP contribution in [0.5, 0.6) is 0 Å². The van der Waals surface area contributed by atoms with Crippen LogP contribution >= 0.6 is 0 Å². The second kappa shape index (κ2) is 8.17. The fraction of sp³-hybridized carbons (Fsp3) is 0.500. The lowest BCUT2D eigenvalue weighted by Crippen LogP contribution is -2.36. The number of amides is 1. The third-order valence-corrected chi connectivity index (χ3v) is 5.68. The molecule has 0 saturated carbocycles. The molecule has 2 N–H and O–H groups in total. The van der Waals surface area contributed by atoms with E-state index in [0.29, 0.717) is 23.2 Å². The molecule has 1 fully saturated rings. The monoisotopic (exact) mass is 379 g/mol. The van der Waals surface area contributed by atoms with Gasteiger partial charge in [-0.2, -0.15) is 4.98 Å². The Labute approximate surface area is 166 Å². The molecule has 4 rings (SSSR count). The maximum atomic E-state index is 13.1. The number of rotatable bonds is 0. The van der Waals surface area contributed by atoms with E-state index in [9.17, 15) is 4.79 Å². The molecule has 148 valence electrons. The highest BCUT2D eigenvalue weighted by atomic mass is 16.1. The predicted octanol–water partition coefficient (Wildman–Crippen LogP) is 4.16. The highest BCUT2D eigenvalue weighted by Crippen LogP contribution is 2.30. The number of hydrogen-bond acceptors (Lipinski definition) is 5. The third kappa shape index (κ3) is 4.26. The fourth-order valence-electron chi connectivity index (χ4n) is 4.27. The number of carbonyl (C=O) groups excluding carboxylic acids is 1. The Morgan fingerprint density at radius 2 is 1.93 bits per heavy atom. The Hall–Kier alpha value is -2.63. The summed E-state index contributed by atoms with van der Waals surface area (Å²) >= 11 is 0. The molecule has 0 spiro atoms. The molecule has 6 heteroatoms. The summed E-state index contributed by atoms with van der Waals surface area (Å²) < 4.78 is 0. The molecule has 6 nitrogen and oxygen atoms in total. The first-order valence-electron chi connectivity index (χ1n) is 10.3. The second-order valence-corrected chi connectivity index (χ2v) is 8.07. The lowest BCUT2D eigenvalue weighted by molar-refractivity contribution is 0.102. The first-order chi connectivity index (χ1) is 13.6. The summed E-state index contributed by atoms with van der Waals surface area (Å²) in [5, 5.41) is 6.29. The van der Waals surface area contributed by atoms with Gasteiger partial charge in [0, 0.05) is 37.1 Å². The van der Waals surface area contributed by atoms with Crippen molar-refractivity contribution in [3.05, 3.63) is 41.1 Å². The molecule has 1 atom stereocenters. The standard InChI is InChI=1S/C22H29N5O/c1-15-8-9-18-19(12-15)27-11-5-7-17(14-27)6-3-4-10-23-22-24-16(2)13-20(26-22)25-21(18)28/h8-9,12-13,17H,3-7,10-11,14H2,1-2H3,(H2,23,24,25,26,28). The summed E-state index contributed by atoms with van der Waals surface area (Å²) in [7, 11) is 0. The zero-order valence-electron chi connectivity index (χ0n) is 16.8. The molecular formula is C22H29N5O. The van der Waals surface area contributed by atoms with Crippen molar-refractivity contribution >= 4 is 23.4 Å². The first-order valence-corrected chi connectivity index (χ1v) is 10.3. The van der Waals surface area contributed by atoms with E-state index in [1.54, 1.807) is 0 Å². The van der Waals surface area contributed by atoms with Crippen LogP contribution in [0.2, 0.25) is 0 Å². The van der Waals surface area contributed by atoms with Gasteiger partial charge in [0.2, 0.25) is 5.95 Å². The average molecular weight is 380 g/mol. The Morgan fingerprint density at radius 3 is 2.82 bits per heavy atom. The van der Waals surface area contributed by atoms with Crippen LogP contribution in [0.3, 0.4) is 0 Å². The van der Waals surface area contributed by atoms with Crippen LogP contribution < -0.4 is 15.5 Å². The van der Waals surface area contributed by atoms with Gasteiger partial charge in [-0.15, -0.1) is 0 Å². The molecule has 2 aliphatic heterocycles. The number of hydrogen-bond donors (Lipinski definition) is 2. The van der Waals surface area contributed by atoms with Crippen LogP contribution in [0.1, 0.15) is 53.7 Å². The van der Waals surface area contributed by atoms with Gasteiger partial charge in [0.05, 0.1) is 5.56 Å². The number of benzene rings is 1. The topological polar surface area (TPSA) is 70.2 Å². The highest BCUT2D eigenvalue weighted by Gasteiger charge is 2.24. The first kappa shape index (κ1) is 18.7. The number of aromatic nitrogens is 2. The zero-order valence-corrected chi connectivity index (χ0v) is 16.8. The molecule has 4 bridgehead atoms. The van der Waals surface area contributed by atoms with E-state index in [-0.39, 0.29) is 5.91 Å². The molecule has 1 saturated heterocycles. The van der Waals surface area contributed by atoms with Crippen molar-refractivity contribution in [3.63, 3.8) is 0 Å². The lowest BCUT2D eigenvalue weighted by Gasteiger charge is -2.35. The summed E-state index contributed by atoms with van der Waals surface area (Å²) in [6.45, 7) is 6.90. The number of piperidine rings is 1. The van der Waals surface area contributed by atoms with Crippen LogP contribution in [0.4, 0.5) is 17.5 Å². The van der Waals surface area contributed by atoms with Gasteiger partial charge >= 0.3 is 0 Å². The van der Waals surface area contributed by atoms with Gasteiger partial charge in [-0.05, 0) is 63.1 Å². The quantitative estimate of drug-likeness (QED) is 0.719. The number of fused-ring (bicyclic) bond motifs is 6. The number of anilines is 3. The van der Waals surface area contributed by atoms with Crippen molar-refractivity contribution in [2.24, 2.45) is 5.92 Å². The van der Waals surface area contributed by atoms with Gasteiger partial charge in [0.1, 0.15) is 5.82 Å². The molecule has 0 aliphatic carbocycles. The Morgan fingerprint density at radius 1 is 1.07 bits per heavy atom. The Balaban J connectivity index is 1.71. The van der Waals surface area contributed by atoms with Gasteiger partial charge < -0.3 is 15.5 Å². The molecule has 1 amide bonds. The second-order valence-electron chi connectivity index (χ2n) is 8.07. The number of nitrogens with zero attached hydrogens (tertiary/aromatic N) is 3. The summed E-state index contributed by atoms with van der Waals surface area (Å²) in [4.78, 5) is 24.5. The normalized spacial score (nSPS) is 20.3. The Bertz CT molecular complexity index is 866. The fourth-order valence-corrected chi connectivity index (χ4v) is 4.27. The minimum Gasteiger partial charge on any atom is -0.371 e. The maximum Gasteiger partial charge on any atom is 0.258 e. The Kier molecular flexibility index (Phi) is 5.46.